The van der Waals surface area contributed by atoms with Gasteiger partial charge >= 0.3 is 5.97 Å². The van der Waals surface area contributed by atoms with Crippen LogP contribution in [0.25, 0.3) is 0 Å². The molecule has 0 unspecified atom stereocenters. The second-order valence-electron chi connectivity index (χ2n) is 3.90. The third-order valence-corrected chi connectivity index (χ3v) is 3.75. The summed E-state index contributed by atoms with van der Waals surface area (Å²) in [5.74, 6) is -1.26. The predicted octanol–water partition coefficient (Wildman–Crippen LogP) is -1.29. The maximum atomic E-state index is 11.6. The van der Waals surface area contributed by atoms with Gasteiger partial charge in [-0.1, -0.05) is 0 Å². The monoisotopic (exact) mass is 281 g/mol. The highest BCUT2D eigenvalue weighted by Gasteiger charge is 2.18. The van der Waals surface area contributed by atoms with Crippen LogP contribution in [0.3, 0.4) is 0 Å². The van der Waals surface area contributed by atoms with Gasteiger partial charge in [-0.05, 0) is 0 Å². The molecule has 0 fully saturated rings. The van der Waals surface area contributed by atoms with E-state index in [1.807, 2.05) is 0 Å². The van der Waals surface area contributed by atoms with Gasteiger partial charge in [0, 0.05) is 40.7 Å². The number of hydrogen-bond acceptors (Lipinski definition) is 4. The third-order valence-electron chi connectivity index (χ3n) is 2.17. The van der Waals surface area contributed by atoms with E-state index >= 15 is 0 Å². The van der Waals surface area contributed by atoms with Crippen molar-refractivity contribution in [2.75, 3.05) is 34.2 Å². The molecule has 0 radical (unpaired) electrons. The summed E-state index contributed by atoms with van der Waals surface area (Å²) in [6.07, 6.45) is -0.215. The lowest BCUT2D eigenvalue weighted by Crippen LogP contribution is -2.40. The number of carbonyl (C=O) groups is 2. The molecule has 0 rings (SSSR count). The van der Waals surface area contributed by atoms with Gasteiger partial charge in [0.05, 0.1) is 6.42 Å². The van der Waals surface area contributed by atoms with Gasteiger partial charge < -0.3 is 10.0 Å². The molecule has 8 nitrogen and oxygen atoms in total. The summed E-state index contributed by atoms with van der Waals surface area (Å²) < 4.78 is 26.3. The van der Waals surface area contributed by atoms with E-state index in [4.69, 9.17) is 5.11 Å². The Morgan fingerprint density at radius 2 is 1.72 bits per heavy atom. The molecule has 0 spiro atoms. The average molecular weight is 281 g/mol. The van der Waals surface area contributed by atoms with Gasteiger partial charge in [0.2, 0.25) is 5.91 Å². The number of nitrogens with zero attached hydrogens (tertiary/aromatic N) is 2. The number of hydrogen-bond donors (Lipinski definition) is 2. The van der Waals surface area contributed by atoms with Gasteiger partial charge in [0.25, 0.3) is 10.2 Å². The summed E-state index contributed by atoms with van der Waals surface area (Å²) in [6, 6.07) is 0. The predicted molar refractivity (Wildman–Crippen MR) is 65.1 cm³/mol. The molecule has 0 aromatic heterocycles. The number of carboxylic acids is 1. The lowest BCUT2D eigenvalue weighted by atomic mass is 10.4. The Labute approximate surface area is 107 Å². The Kier molecular flexibility index (Phi) is 6.81. The molecule has 1 amide bonds. The second-order valence-corrected chi connectivity index (χ2v) is 5.76. The molecular formula is C9H19N3O5S. The molecule has 0 aliphatic rings. The molecule has 2 N–H and O–H groups in total. The Balaban J connectivity index is 4.15. The molecule has 9 heteroatoms. The smallest absolute Gasteiger partial charge is 0.304 e. The minimum Gasteiger partial charge on any atom is -0.481 e. The van der Waals surface area contributed by atoms with E-state index in [0.29, 0.717) is 0 Å². The first-order valence-electron chi connectivity index (χ1n) is 5.29. The van der Waals surface area contributed by atoms with Crippen LogP contribution < -0.4 is 4.72 Å². The van der Waals surface area contributed by atoms with Crippen LogP contribution in [0.4, 0.5) is 0 Å². The summed E-state index contributed by atoms with van der Waals surface area (Å²) >= 11 is 0. The van der Waals surface area contributed by atoms with Gasteiger partial charge in [-0.25, -0.2) is 4.72 Å². The normalized spacial score (nSPS) is 11.6. The standard InChI is InChI=1S/C9H19N3O5S/c1-11(2)8(13)4-6-10-18(16,17)12(3)7-5-9(14)15/h10H,4-7H2,1-3H3,(H,14,15). The molecule has 0 saturated carbocycles. The second kappa shape index (κ2) is 7.29. The fourth-order valence-corrected chi connectivity index (χ4v) is 1.91. The minimum absolute atomic E-state index is 0.0171. The van der Waals surface area contributed by atoms with Crippen molar-refractivity contribution >= 4 is 22.1 Å². The first kappa shape index (κ1) is 16.8. The van der Waals surface area contributed by atoms with Crippen LogP contribution in [0.2, 0.25) is 0 Å². The van der Waals surface area contributed by atoms with Crippen molar-refractivity contribution in [3.8, 4) is 0 Å². The van der Waals surface area contributed by atoms with Crippen LogP contribution in [0.5, 0.6) is 0 Å². The van der Waals surface area contributed by atoms with Crippen molar-refractivity contribution < 1.29 is 23.1 Å². The zero-order valence-corrected chi connectivity index (χ0v) is 11.5. The molecule has 18 heavy (non-hydrogen) atoms. The van der Waals surface area contributed by atoms with E-state index in [-0.39, 0.29) is 31.8 Å². The third kappa shape index (κ3) is 6.52. The van der Waals surface area contributed by atoms with Crippen molar-refractivity contribution in [2.45, 2.75) is 12.8 Å². The molecule has 0 heterocycles. The van der Waals surface area contributed by atoms with Crippen molar-refractivity contribution in [3.05, 3.63) is 0 Å². The molecular weight excluding hydrogens is 262 g/mol. The lowest BCUT2D eigenvalue weighted by Gasteiger charge is -2.17. The fraction of sp³-hybridized carbons (Fsp3) is 0.778. The number of carbonyl (C=O) groups excluding carboxylic acids is 1. The molecule has 0 aromatic carbocycles. The highest BCUT2D eigenvalue weighted by Crippen LogP contribution is 1.96. The fourth-order valence-electron chi connectivity index (χ4n) is 0.994. The SMILES string of the molecule is CN(C)C(=O)CCNS(=O)(=O)N(C)CCC(=O)O. The summed E-state index contributed by atoms with van der Waals surface area (Å²) in [5, 5.41) is 8.45. The van der Waals surface area contributed by atoms with Crippen LogP contribution >= 0.6 is 0 Å². The van der Waals surface area contributed by atoms with E-state index < -0.39 is 16.2 Å². The molecule has 0 bridgehead atoms. The van der Waals surface area contributed by atoms with Gasteiger partial charge in [0.15, 0.2) is 0 Å². The maximum Gasteiger partial charge on any atom is 0.304 e. The highest BCUT2D eigenvalue weighted by atomic mass is 32.2. The van der Waals surface area contributed by atoms with E-state index in [0.717, 1.165) is 4.31 Å². The van der Waals surface area contributed by atoms with E-state index in [9.17, 15) is 18.0 Å². The quantitative estimate of drug-likeness (QED) is 0.575. The maximum absolute atomic E-state index is 11.6. The Bertz CT molecular complexity index is 393. The van der Waals surface area contributed by atoms with Gasteiger partial charge in [-0.2, -0.15) is 12.7 Å². The van der Waals surface area contributed by atoms with Crippen molar-refractivity contribution in [3.63, 3.8) is 0 Å². The van der Waals surface area contributed by atoms with E-state index in [2.05, 4.69) is 4.72 Å². The summed E-state index contributed by atoms with van der Waals surface area (Å²) in [5.41, 5.74) is 0. The lowest BCUT2D eigenvalue weighted by molar-refractivity contribution is -0.137. The van der Waals surface area contributed by atoms with Crippen LogP contribution in [0.15, 0.2) is 0 Å². The summed E-state index contributed by atoms with van der Waals surface area (Å²) in [4.78, 5) is 22.9. The first-order chi connectivity index (χ1) is 8.16. The highest BCUT2D eigenvalue weighted by molar-refractivity contribution is 7.87. The zero-order chi connectivity index (χ0) is 14.3. The Morgan fingerprint density at radius 3 is 2.17 bits per heavy atom. The number of nitrogens with one attached hydrogen (secondary N) is 1. The van der Waals surface area contributed by atoms with E-state index in [1.54, 1.807) is 14.1 Å². The molecule has 0 atom stereocenters. The number of amides is 1. The summed E-state index contributed by atoms with van der Waals surface area (Å²) in [6.45, 7) is -0.136. The van der Waals surface area contributed by atoms with Gasteiger partial charge in [0.1, 0.15) is 0 Å². The number of aliphatic carboxylic acids is 1. The van der Waals surface area contributed by atoms with E-state index in [1.165, 1.54) is 11.9 Å². The Hall–Kier alpha value is -1.19. The van der Waals surface area contributed by atoms with Gasteiger partial charge in [-0.3, -0.25) is 9.59 Å². The van der Waals surface area contributed by atoms with Crippen molar-refractivity contribution in [2.24, 2.45) is 0 Å². The van der Waals surface area contributed by atoms with Crippen molar-refractivity contribution in [1.29, 1.82) is 0 Å². The first-order valence-corrected chi connectivity index (χ1v) is 6.73. The Morgan fingerprint density at radius 1 is 1.17 bits per heavy atom. The minimum atomic E-state index is -3.73. The summed E-state index contributed by atoms with van der Waals surface area (Å²) in [7, 11) is 0.707. The molecule has 106 valence electrons. The van der Waals surface area contributed by atoms with Crippen LogP contribution in [-0.2, 0) is 19.8 Å². The van der Waals surface area contributed by atoms with Crippen LogP contribution in [0, 0.1) is 0 Å². The molecule has 0 aliphatic carbocycles. The molecule has 0 aromatic rings. The topological polar surface area (TPSA) is 107 Å². The number of rotatable bonds is 8. The largest absolute Gasteiger partial charge is 0.481 e. The van der Waals surface area contributed by atoms with Crippen LogP contribution in [0.1, 0.15) is 12.8 Å². The average Bonchev–Trinajstić information content (AvgIpc) is 2.24. The van der Waals surface area contributed by atoms with Crippen molar-refractivity contribution in [1.82, 2.24) is 13.9 Å². The number of carboxylic acid groups (broad SMARTS) is 1. The zero-order valence-electron chi connectivity index (χ0n) is 10.7. The van der Waals surface area contributed by atoms with Gasteiger partial charge in [-0.15, -0.1) is 0 Å². The van der Waals surface area contributed by atoms with Crippen LogP contribution in [-0.4, -0.2) is 68.8 Å². The molecule has 0 saturated heterocycles. The molecule has 0 aliphatic heterocycles.